The normalized spacial score (nSPS) is 15.1. The van der Waals surface area contributed by atoms with Crippen molar-refractivity contribution in [3.8, 4) is 17.0 Å². The maximum absolute atomic E-state index is 12.6. The second-order valence-electron chi connectivity index (χ2n) is 5.38. The monoisotopic (exact) mass is 352 g/mol. The number of halogens is 3. The summed E-state index contributed by atoms with van der Waals surface area (Å²) in [6.07, 6.45) is -3.41. The van der Waals surface area contributed by atoms with Crippen LogP contribution in [0.1, 0.15) is 10.4 Å². The third kappa shape index (κ3) is 4.27. The van der Waals surface area contributed by atoms with Crippen molar-refractivity contribution in [1.82, 2.24) is 9.88 Å². The fourth-order valence-electron chi connectivity index (χ4n) is 2.55. The van der Waals surface area contributed by atoms with Crippen LogP contribution in [-0.4, -0.2) is 48.5 Å². The highest BCUT2D eigenvalue weighted by atomic mass is 19.4. The van der Waals surface area contributed by atoms with Crippen LogP contribution < -0.4 is 4.74 Å². The van der Waals surface area contributed by atoms with E-state index in [0.717, 1.165) is 0 Å². The van der Waals surface area contributed by atoms with E-state index in [1.807, 2.05) is 0 Å². The molecule has 5 nitrogen and oxygen atoms in total. The van der Waals surface area contributed by atoms with E-state index in [1.54, 1.807) is 11.0 Å². The van der Waals surface area contributed by atoms with Crippen LogP contribution in [0.15, 0.2) is 42.6 Å². The van der Waals surface area contributed by atoms with E-state index in [2.05, 4.69) is 9.72 Å². The minimum absolute atomic E-state index is 0.163. The van der Waals surface area contributed by atoms with Crippen LogP contribution in [0.3, 0.4) is 0 Å². The summed E-state index contributed by atoms with van der Waals surface area (Å²) in [5.74, 6) is -0.570. The first-order chi connectivity index (χ1) is 11.9. The molecule has 25 heavy (non-hydrogen) atoms. The van der Waals surface area contributed by atoms with Gasteiger partial charge in [-0.1, -0.05) is 12.1 Å². The number of nitrogens with zero attached hydrogens (tertiary/aromatic N) is 2. The molecule has 1 aromatic carbocycles. The Balaban J connectivity index is 1.90. The fraction of sp³-hybridized carbons (Fsp3) is 0.294. The second kappa shape index (κ2) is 7.10. The van der Waals surface area contributed by atoms with Gasteiger partial charge in [-0.2, -0.15) is 0 Å². The van der Waals surface area contributed by atoms with Gasteiger partial charge in [0.05, 0.1) is 18.9 Å². The number of carbonyl (C=O) groups excluding carboxylic acids is 1. The molecule has 1 aromatic heterocycles. The van der Waals surface area contributed by atoms with Crippen molar-refractivity contribution in [2.45, 2.75) is 6.36 Å². The van der Waals surface area contributed by atoms with Gasteiger partial charge >= 0.3 is 6.36 Å². The Labute approximate surface area is 142 Å². The van der Waals surface area contributed by atoms with E-state index in [9.17, 15) is 18.0 Å². The highest BCUT2D eigenvalue weighted by molar-refractivity contribution is 5.95. The van der Waals surface area contributed by atoms with E-state index in [0.29, 0.717) is 31.9 Å². The number of hydrogen-bond acceptors (Lipinski definition) is 4. The van der Waals surface area contributed by atoms with Gasteiger partial charge in [-0.15, -0.1) is 13.2 Å². The molecular weight excluding hydrogens is 337 g/mol. The van der Waals surface area contributed by atoms with Gasteiger partial charge in [0.1, 0.15) is 5.75 Å². The fourth-order valence-corrected chi connectivity index (χ4v) is 2.55. The van der Waals surface area contributed by atoms with E-state index in [1.165, 1.54) is 36.5 Å². The Bertz CT molecular complexity index is 759. The zero-order valence-electron chi connectivity index (χ0n) is 13.1. The average Bonchev–Trinajstić information content (AvgIpc) is 2.61. The molecule has 132 valence electrons. The average molecular weight is 352 g/mol. The van der Waals surface area contributed by atoms with Crippen LogP contribution in [-0.2, 0) is 4.74 Å². The Morgan fingerprint density at radius 3 is 2.60 bits per heavy atom. The highest BCUT2D eigenvalue weighted by Gasteiger charge is 2.32. The maximum Gasteiger partial charge on any atom is 0.573 e. The number of rotatable bonds is 3. The summed E-state index contributed by atoms with van der Waals surface area (Å²) in [7, 11) is 0. The van der Waals surface area contributed by atoms with Crippen molar-refractivity contribution in [1.29, 1.82) is 0 Å². The largest absolute Gasteiger partial charge is 0.573 e. The van der Waals surface area contributed by atoms with Gasteiger partial charge in [0.15, 0.2) is 0 Å². The molecule has 0 aliphatic carbocycles. The van der Waals surface area contributed by atoms with Crippen LogP contribution in [0.2, 0.25) is 0 Å². The van der Waals surface area contributed by atoms with Gasteiger partial charge in [-0.05, 0) is 24.3 Å². The molecule has 0 spiro atoms. The van der Waals surface area contributed by atoms with Gasteiger partial charge in [0.25, 0.3) is 5.91 Å². The van der Waals surface area contributed by atoms with Gasteiger partial charge < -0.3 is 14.4 Å². The minimum Gasteiger partial charge on any atom is -0.405 e. The molecule has 2 aromatic rings. The molecule has 0 saturated carbocycles. The molecule has 0 atom stereocenters. The first-order valence-electron chi connectivity index (χ1n) is 7.62. The summed E-state index contributed by atoms with van der Waals surface area (Å²) in [6.45, 7) is 1.88. The number of morpholine rings is 1. The third-order valence-electron chi connectivity index (χ3n) is 3.69. The summed E-state index contributed by atoms with van der Waals surface area (Å²) in [5.41, 5.74) is 0.754. The van der Waals surface area contributed by atoms with Gasteiger partial charge in [-0.25, -0.2) is 0 Å². The number of aromatic nitrogens is 1. The van der Waals surface area contributed by atoms with Crippen molar-refractivity contribution >= 4 is 5.91 Å². The molecule has 1 saturated heterocycles. The molecule has 8 heteroatoms. The topological polar surface area (TPSA) is 51.7 Å². The molecular formula is C17H15F3N2O3. The molecule has 0 unspecified atom stereocenters. The summed E-state index contributed by atoms with van der Waals surface area (Å²) < 4.78 is 47.0. The van der Waals surface area contributed by atoms with E-state index < -0.39 is 6.36 Å². The smallest absolute Gasteiger partial charge is 0.405 e. The molecule has 0 bridgehead atoms. The number of ether oxygens (including phenoxy) is 2. The Hall–Kier alpha value is -2.61. The van der Waals surface area contributed by atoms with Crippen molar-refractivity contribution in [2.24, 2.45) is 0 Å². The van der Waals surface area contributed by atoms with Crippen molar-refractivity contribution in [3.05, 3.63) is 48.2 Å². The predicted octanol–water partition coefficient (Wildman–Crippen LogP) is 3.12. The molecule has 1 aliphatic heterocycles. The van der Waals surface area contributed by atoms with Crippen LogP contribution in [0, 0.1) is 0 Å². The number of para-hydroxylation sites is 1. The molecule has 1 amide bonds. The van der Waals surface area contributed by atoms with Gasteiger partial charge in [0, 0.05) is 30.4 Å². The van der Waals surface area contributed by atoms with Crippen LogP contribution in [0.4, 0.5) is 13.2 Å². The first kappa shape index (κ1) is 17.2. The summed E-state index contributed by atoms with van der Waals surface area (Å²) in [5, 5.41) is 0. The summed E-state index contributed by atoms with van der Waals surface area (Å²) >= 11 is 0. The number of alkyl halides is 3. The minimum atomic E-state index is -4.81. The zero-order valence-corrected chi connectivity index (χ0v) is 13.1. The lowest BCUT2D eigenvalue weighted by atomic mass is 10.1. The second-order valence-corrected chi connectivity index (χ2v) is 5.38. The van der Waals surface area contributed by atoms with Gasteiger partial charge in [-0.3, -0.25) is 9.78 Å². The Kier molecular flexibility index (Phi) is 4.89. The standard InChI is InChI=1S/C17H15F3N2O3/c18-17(19,20)25-15-4-2-1-3-13(15)14-11-12(5-6-21-14)16(23)22-7-9-24-10-8-22/h1-6,11H,7-10H2. The molecule has 1 fully saturated rings. The quantitative estimate of drug-likeness (QED) is 0.852. The highest BCUT2D eigenvalue weighted by Crippen LogP contribution is 2.33. The van der Waals surface area contributed by atoms with E-state index in [4.69, 9.17) is 4.74 Å². The van der Waals surface area contributed by atoms with Crippen LogP contribution in [0.25, 0.3) is 11.3 Å². The number of pyridine rings is 1. The maximum atomic E-state index is 12.6. The first-order valence-corrected chi connectivity index (χ1v) is 7.62. The molecule has 2 heterocycles. The summed E-state index contributed by atoms with van der Waals surface area (Å²) in [4.78, 5) is 18.3. The third-order valence-corrected chi connectivity index (χ3v) is 3.69. The molecule has 0 N–H and O–H groups in total. The lowest BCUT2D eigenvalue weighted by molar-refractivity contribution is -0.274. The number of hydrogen-bond donors (Lipinski definition) is 0. The van der Waals surface area contributed by atoms with Crippen molar-refractivity contribution < 1.29 is 27.4 Å². The van der Waals surface area contributed by atoms with Crippen molar-refractivity contribution in [3.63, 3.8) is 0 Å². The molecule has 3 rings (SSSR count). The lowest BCUT2D eigenvalue weighted by Gasteiger charge is -2.27. The molecule has 1 aliphatic rings. The van der Waals surface area contributed by atoms with E-state index >= 15 is 0 Å². The van der Waals surface area contributed by atoms with E-state index in [-0.39, 0.29) is 22.9 Å². The number of carbonyl (C=O) groups is 1. The molecule has 0 radical (unpaired) electrons. The number of benzene rings is 1. The van der Waals surface area contributed by atoms with Crippen LogP contribution >= 0.6 is 0 Å². The predicted molar refractivity (Wildman–Crippen MR) is 83.1 cm³/mol. The summed E-state index contributed by atoms with van der Waals surface area (Å²) in [6, 6.07) is 8.70. The number of amides is 1. The Morgan fingerprint density at radius 1 is 1.16 bits per heavy atom. The lowest BCUT2D eigenvalue weighted by Crippen LogP contribution is -2.40. The Morgan fingerprint density at radius 2 is 1.88 bits per heavy atom. The van der Waals surface area contributed by atoms with Crippen molar-refractivity contribution in [2.75, 3.05) is 26.3 Å². The SMILES string of the molecule is O=C(c1ccnc(-c2ccccc2OC(F)(F)F)c1)N1CCOCC1. The van der Waals surface area contributed by atoms with Crippen LogP contribution in [0.5, 0.6) is 5.75 Å². The van der Waals surface area contributed by atoms with Gasteiger partial charge in [0.2, 0.25) is 0 Å². The zero-order chi connectivity index (χ0) is 17.9.